The number of ether oxygens (including phenoxy) is 1. The summed E-state index contributed by atoms with van der Waals surface area (Å²) in [6.07, 6.45) is 5.59. The molecule has 1 aliphatic carbocycles. The van der Waals surface area contributed by atoms with Crippen LogP contribution in [0.15, 0.2) is 36.9 Å². The second kappa shape index (κ2) is 9.77. The largest absolute Gasteiger partial charge is 0.378 e. The summed E-state index contributed by atoms with van der Waals surface area (Å²) < 4.78 is 7.35. The van der Waals surface area contributed by atoms with Gasteiger partial charge in [-0.05, 0) is 49.9 Å². The van der Waals surface area contributed by atoms with Crippen LogP contribution in [0.1, 0.15) is 33.7 Å². The fourth-order valence-electron chi connectivity index (χ4n) is 4.30. The van der Waals surface area contributed by atoms with Crippen LogP contribution in [-0.2, 0) is 30.5 Å². The summed E-state index contributed by atoms with van der Waals surface area (Å²) in [7, 11) is 0. The Balaban J connectivity index is 1.44. The highest BCUT2D eigenvalue weighted by molar-refractivity contribution is 6.30. The van der Waals surface area contributed by atoms with Gasteiger partial charge in [0, 0.05) is 35.4 Å². The zero-order chi connectivity index (χ0) is 20.9. The molecule has 1 atom stereocenters. The molecule has 1 saturated heterocycles. The molecule has 1 N–H and O–H groups in total. The van der Waals surface area contributed by atoms with Crippen LogP contribution in [0.4, 0.5) is 0 Å². The number of nitrogens with zero attached hydrogens (tertiary/aromatic N) is 3. The van der Waals surface area contributed by atoms with Crippen LogP contribution in [0.3, 0.4) is 0 Å². The van der Waals surface area contributed by atoms with E-state index in [1.165, 1.54) is 11.3 Å². The van der Waals surface area contributed by atoms with Gasteiger partial charge in [-0.1, -0.05) is 29.8 Å². The van der Waals surface area contributed by atoms with E-state index in [1.807, 2.05) is 27.8 Å². The van der Waals surface area contributed by atoms with Gasteiger partial charge < -0.3 is 15.0 Å². The molecule has 1 amide bonds. The van der Waals surface area contributed by atoms with E-state index in [9.17, 15) is 4.79 Å². The fraction of sp³-hybridized carbons (Fsp3) is 0.478. The molecular formula is C23H29ClN4O2. The van der Waals surface area contributed by atoms with Gasteiger partial charge in [0.1, 0.15) is 0 Å². The number of fused-ring (bicyclic) bond motifs is 1. The van der Waals surface area contributed by atoms with Gasteiger partial charge in [-0.15, -0.1) is 6.58 Å². The van der Waals surface area contributed by atoms with E-state index in [-0.39, 0.29) is 5.91 Å². The monoisotopic (exact) mass is 428 g/mol. The van der Waals surface area contributed by atoms with Crippen molar-refractivity contribution in [1.82, 2.24) is 20.0 Å². The number of hydrogen-bond donors (Lipinski definition) is 1. The number of halogens is 1. The lowest BCUT2D eigenvalue weighted by Gasteiger charge is -2.28. The maximum absolute atomic E-state index is 13.2. The number of morpholine rings is 1. The summed E-state index contributed by atoms with van der Waals surface area (Å²) in [6.45, 7) is 7.82. The SMILES string of the molecule is C=CCn1nc(C(=O)N2CCOCC2)c2c1CC[C@H](NCCc1ccc(Cl)cc1)C2. The van der Waals surface area contributed by atoms with Crippen LogP contribution in [-0.4, -0.2) is 59.5 Å². The molecule has 1 aliphatic heterocycles. The Morgan fingerprint density at radius 3 is 2.80 bits per heavy atom. The second-order valence-corrected chi connectivity index (χ2v) is 8.36. The Morgan fingerprint density at radius 1 is 1.30 bits per heavy atom. The minimum Gasteiger partial charge on any atom is -0.378 e. The number of amides is 1. The van der Waals surface area contributed by atoms with Crippen molar-refractivity contribution in [2.24, 2.45) is 0 Å². The first kappa shape index (κ1) is 21.1. The summed E-state index contributed by atoms with van der Waals surface area (Å²) in [4.78, 5) is 15.0. The quantitative estimate of drug-likeness (QED) is 0.689. The Bertz CT molecular complexity index is 887. The second-order valence-electron chi connectivity index (χ2n) is 7.92. The third-order valence-electron chi connectivity index (χ3n) is 5.91. The number of nitrogens with one attached hydrogen (secondary N) is 1. The number of benzene rings is 1. The van der Waals surface area contributed by atoms with E-state index in [4.69, 9.17) is 21.4 Å². The lowest BCUT2D eigenvalue weighted by Crippen LogP contribution is -2.42. The number of allylic oxidation sites excluding steroid dienone is 1. The average molecular weight is 429 g/mol. The molecule has 6 nitrogen and oxygen atoms in total. The zero-order valence-electron chi connectivity index (χ0n) is 17.3. The molecule has 0 unspecified atom stereocenters. The van der Waals surface area contributed by atoms with Crippen LogP contribution in [0.25, 0.3) is 0 Å². The molecule has 2 aromatic rings. The molecule has 0 saturated carbocycles. The summed E-state index contributed by atoms with van der Waals surface area (Å²) in [5.74, 6) is 0.0270. The predicted molar refractivity (Wildman–Crippen MR) is 118 cm³/mol. The normalized spacial score (nSPS) is 18.8. The van der Waals surface area contributed by atoms with Crippen LogP contribution in [0.2, 0.25) is 5.02 Å². The van der Waals surface area contributed by atoms with Gasteiger partial charge in [-0.2, -0.15) is 5.10 Å². The summed E-state index contributed by atoms with van der Waals surface area (Å²) in [5, 5.41) is 9.14. The van der Waals surface area contributed by atoms with Crippen molar-refractivity contribution in [3.8, 4) is 0 Å². The molecule has 0 radical (unpaired) electrons. The molecule has 0 bridgehead atoms. The minimum atomic E-state index is 0.0270. The Labute approximate surface area is 182 Å². The van der Waals surface area contributed by atoms with E-state index in [1.54, 1.807) is 0 Å². The Morgan fingerprint density at radius 2 is 2.07 bits per heavy atom. The van der Waals surface area contributed by atoms with Gasteiger partial charge >= 0.3 is 0 Å². The molecule has 30 heavy (non-hydrogen) atoms. The number of carbonyl (C=O) groups is 1. The number of rotatable bonds is 7. The standard InChI is InChI=1S/C23H29ClN4O2/c1-2-11-28-21-8-7-19(25-10-9-17-3-5-18(24)6-4-17)16-20(21)22(26-28)23(29)27-12-14-30-15-13-27/h2-6,19,25H,1,7-16H2/t19-/m0/s1. The van der Waals surface area contributed by atoms with E-state index in [0.717, 1.165) is 42.8 Å². The first-order valence-corrected chi connectivity index (χ1v) is 11.1. The average Bonchev–Trinajstić information content (AvgIpc) is 3.13. The Hall–Kier alpha value is -2.15. The highest BCUT2D eigenvalue weighted by atomic mass is 35.5. The minimum absolute atomic E-state index is 0.0270. The maximum atomic E-state index is 13.2. The molecule has 1 fully saturated rings. The summed E-state index contributed by atoms with van der Waals surface area (Å²) in [5.41, 5.74) is 4.16. The van der Waals surface area contributed by atoms with Gasteiger partial charge in [-0.3, -0.25) is 9.48 Å². The van der Waals surface area contributed by atoms with E-state index >= 15 is 0 Å². The van der Waals surface area contributed by atoms with Gasteiger partial charge in [-0.25, -0.2) is 0 Å². The van der Waals surface area contributed by atoms with Crippen molar-refractivity contribution in [1.29, 1.82) is 0 Å². The van der Waals surface area contributed by atoms with Crippen LogP contribution in [0.5, 0.6) is 0 Å². The van der Waals surface area contributed by atoms with E-state index in [0.29, 0.717) is 44.6 Å². The smallest absolute Gasteiger partial charge is 0.274 e. The third-order valence-corrected chi connectivity index (χ3v) is 6.16. The van der Waals surface area contributed by atoms with Crippen LogP contribution >= 0.6 is 11.6 Å². The van der Waals surface area contributed by atoms with Gasteiger partial charge in [0.05, 0.1) is 19.8 Å². The number of aromatic nitrogens is 2. The molecule has 1 aromatic carbocycles. The van der Waals surface area contributed by atoms with E-state index in [2.05, 4.69) is 24.0 Å². The maximum Gasteiger partial charge on any atom is 0.274 e. The molecule has 2 heterocycles. The molecule has 2 aliphatic rings. The highest BCUT2D eigenvalue weighted by Gasteiger charge is 2.31. The molecule has 160 valence electrons. The van der Waals surface area contributed by atoms with Gasteiger partial charge in [0.2, 0.25) is 0 Å². The van der Waals surface area contributed by atoms with Crippen molar-refractivity contribution in [2.45, 2.75) is 38.3 Å². The van der Waals surface area contributed by atoms with Crippen LogP contribution < -0.4 is 5.32 Å². The van der Waals surface area contributed by atoms with E-state index < -0.39 is 0 Å². The topological polar surface area (TPSA) is 59.4 Å². The molecule has 7 heteroatoms. The predicted octanol–water partition coefficient (Wildman–Crippen LogP) is 2.88. The van der Waals surface area contributed by atoms with Crippen molar-refractivity contribution >= 4 is 17.5 Å². The first-order chi connectivity index (χ1) is 14.7. The number of carbonyl (C=O) groups excluding carboxylic acids is 1. The highest BCUT2D eigenvalue weighted by Crippen LogP contribution is 2.26. The zero-order valence-corrected chi connectivity index (χ0v) is 18.0. The van der Waals surface area contributed by atoms with Crippen molar-refractivity contribution in [3.63, 3.8) is 0 Å². The molecular weight excluding hydrogens is 400 g/mol. The van der Waals surface area contributed by atoms with Crippen molar-refractivity contribution in [3.05, 3.63) is 64.5 Å². The number of hydrogen-bond acceptors (Lipinski definition) is 4. The van der Waals surface area contributed by atoms with Crippen LogP contribution in [0, 0.1) is 0 Å². The first-order valence-electron chi connectivity index (χ1n) is 10.7. The summed E-state index contributed by atoms with van der Waals surface area (Å²) >= 11 is 5.97. The van der Waals surface area contributed by atoms with Gasteiger partial charge in [0.25, 0.3) is 5.91 Å². The molecule has 1 aromatic heterocycles. The third kappa shape index (κ3) is 4.77. The van der Waals surface area contributed by atoms with Crippen molar-refractivity contribution in [2.75, 3.05) is 32.8 Å². The molecule has 4 rings (SSSR count). The lowest BCUT2D eigenvalue weighted by atomic mass is 9.91. The summed E-state index contributed by atoms with van der Waals surface area (Å²) in [6, 6.07) is 8.35. The fourth-order valence-corrected chi connectivity index (χ4v) is 4.42. The lowest BCUT2D eigenvalue weighted by molar-refractivity contribution is 0.0297. The molecule has 0 spiro atoms. The van der Waals surface area contributed by atoms with Gasteiger partial charge in [0.15, 0.2) is 5.69 Å². The van der Waals surface area contributed by atoms with Crippen molar-refractivity contribution < 1.29 is 9.53 Å². The Kier molecular flexibility index (Phi) is 6.87.